The molecule has 8 heteroatoms. The van der Waals surface area contributed by atoms with Gasteiger partial charge in [-0.05, 0) is 47.5 Å². The van der Waals surface area contributed by atoms with Crippen molar-refractivity contribution in [2.75, 3.05) is 13.7 Å². The summed E-state index contributed by atoms with van der Waals surface area (Å²) in [6, 6.07) is 3.93. The summed E-state index contributed by atoms with van der Waals surface area (Å²) in [5, 5.41) is 9.10. The number of carbonyl (C=O) groups is 1. The van der Waals surface area contributed by atoms with Crippen LogP contribution in [-0.4, -0.2) is 43.5 Å². The minimum absolute atomic E-state index is 0.119. The van der Waals surface area contributed by atoms with Gasteiger partial charge in [0.2, 0.25) is 10.0 Å². The normalized spacial score (nSPS) is 23.2. The molecule has 0 amide bonds. The van der Waals surface area contributed by atoms with Gasteiger partial charge < -0.3 is 9.84 Å². The molecule has 1 aliphatic rings. The maximum atomic E-state index is 12.6. The van der Waals surface area contributed by atoms with Gasteiger partial charge in [0.05, 0.1) is 22.4 Å². The molecule has 0 bridgehead atoms. The van der Waals surface area contributed by atoms with Crippen LogP contribution in [0.2, 0.25) is 0 Å². The molecule has 0 spiro atoms. The number of carboxylic acid groups (broad SMARTS) is 1. The van der Waals surface area contributed by atoms with Gasteiger partial charge in [-0.25, -0.2) is 8.42 Å². The molecule has 0 aromatic heterocycles. The van der Waals surface area contributed by atoms with E-state index in [1.807, 2.05) is 0 Å². The van der Waals surface area contributed by atoms with Crippen molar-refractivity contribution < 1.29 is 23.1 Å². The Bertz CT molecular complexity index is 661. The molecule has 1 aromatic carbocycles. The number of nitrogens with zero attached hydrogens (tertiary/aromatic N) is 1. The molecule has 0 saturated carbocycles. The highest BCUT2D eigenvalue weighted by Crippen LogP contribution is 2.33. The highest BCUT2D eigenvalue weighted by Gasteiger charge is 2.42. The lowest BCUT2D eigenvalue weighted by Gasteiger charge is -2.23. The third-order valence-corrected chi connectivity index (χ3v) is 6.35. The highest BCUT2D eigenvalue weighted by atomic mass is 79.9. The fourth-order valence-corrected chi connectivity index (χ4v) is 4.92. The van der Waals surface area contributed by atoms with E-state index in [9.17, 15) is 13.2 Å². The SMILES string of the molecule is COc1ccc(S(=O)(=O)N2CCC(C(=O)O)C2C)cc1Br. The Labute approximate surface area is 131 Å². The Morgan fingerprint density at radius 3 is 2.62 bits per heavy atom. The third kappa shape index (κ3) is 2.93. The van der Waals surface area contributed by atoms with Crippen LogP contribution < -0.4 is 4.74 Å². The Kier molecular flexibility index (Phi) is 4.60. The van der Waals surface area contributed by atoms with Crippen LogP contribution in [0.3, 0.4) is 0 Å². The number of benzene rings is 1. The van der Waals surface area contributed by atoms with Gasteiger partial charge in [0.25, 0.3) is 0 Å². The van der Waals surface area contributed by atoms with Crippen LogP contribution in [0.25, 0.3) is 0 Å². The first-order valence-electron chi connectivity index (χ1n) is 6.37. The first-order chi connectivity index (χ1) is 9.78. The van der Waals surface area contributed by atoms with Crippen LogP contribution in [0.5, 0.6) is 5.75 Å². The molecule has 1 aromatic rings. The van der Waals surface area contributed by atoms with E-state index in [-0.39, 0.29) is 11.4 Å². The average molecular weight is 378 g/mol. The van der Waals surface area contributed by atoms with E-state index < -0.39 is 28.0 Å². The molecule has 1 fully saturated rings. The molecule has 6 nitrogen and oxygen atoms in total. The number of ether oxygens (including phenoxy) is 1. The van der Waals surface area contributed by atoms with Gasteiger partial charge in [-0.15, -0.1) is 0 Å². The van der Waals surface area contributed by atoms with E-state index in [1.165, 1.54) is 23.5 Å². The number of aliphatic carboxylic acids is 1. The van der Waals surface area contributed by atoms with Gasteiger partial charge in [0.1, 0.15) is 5.75 Å². The van der Waals surface area contributed by atoms with Crippen LogP contribution >= 0.6 is 15.9 Å². The lowest BCUT2D eigenvalue weighted by molar-refractivity contribution is -0.142. The molecule has 0 aliphatic carbocycles. The lowest BCUT2D eigenvalue weighted by atomic mass is 10.0. The molecule has 116 valence electrons. The predicted octanol–water partition coefficient (Wildman–Crippen LogP) is 1.94. The average Bonchev–Trinajstić information content (AvgIpc) is 2.81. The zero-order valence-electron chi connectivity index (χ0n) is 11.6. The number of rotatable bonds is 4. The van der Waals surface area contributed by atoms with E-state index in [4.69, 9.17) is 9.84 Å². The maximum absolute atomic E-state index is 12.6. The third-order valence-electron chi connectivity index (χ3n) is 3.74. The highest BCUT2D eigenvalue weighted by molar-refractivity contribution is 9.10. The van der Waals surface area contributed by atoms with Crippen molar-refractivity contribution in [2.45, 2.75) is 24.3 Å². The van der Waals surface area contributed by atoms with Crippen LogP contribution in [-0.2, 0) is 14.8 Å². The van der Waals surface area contributed by atoms with Crippen LogP contribution in [0, 0.1) is 5.92 Å². The first kappa shape index (κ1) is 16.3. The van der Waals surface area contributed by atoms with Gasteiger partial charge in [-0.2, -0.15) is 4.31 Å². The largest absolute Gasteiger partial charge is 0.496 e. The molecule has 2 atom stereocenters. The second-order valence-corrected chi connectivity index (χ2v) is 7.63. The fourth-order valence-electron chi connectivity index (χ4n) is 2.52. The van der Waals surface area contributed by atoms with Gasteiger partial charge in [0.15, 0.2) is 0 Å². The number of carboxylic acids is 1. The zero-order valence-corrected chi connectivity index (χ0v) is 14.0. The first-order valence-corrected chi connectivity index (χ1v) is 8.60. The molecule has 1 heterocycles. The quantitative estimate of drug-likeness (QED) is 0.866. The van der Waals surface area contributed by atoms with E-state index in [2.05, 4.69) is 15.9 Å². The summed E-state index contributed by atoms with van der Waals surface area (Å²) in [5.41, 5.74) is 0. The maximum Gasteiger partial charge on any atom is 0.308 e. The second kappa shape index (κ2) is 5.94. The minimum atomic E-state index is -3.72. The Morgan fingerprint density at radius 1 is 1.48 bits per heavy atom. The smallest absolute Gasteiger partial charge is 0.308 e. The molecule has 1 aliphatic heterocycles. The number of halogens is 1. The second-order valence-electron chi connectivity index (χ2n) is 4.89. The van der Waals surface area contributed by atoms with E-state index in [1.54, 1.807) is 13.0 Å². The summed E-state index contributed by atoms with van der Waals surface area (Å²) in [4.78, 5) is 11.2. The van der Waals surface area contributed by atoms with Crippen LogP contribution in [0.15, 0.2) is 27.6 Å². The minimum Gasteiger partial charge on any atom is -0.496 e. The van der Waals surface area contributed by atoms with Crippen molar-refractivity contribution in [1.29, 1.82) is 0 Å². The van der Waals surface area contributed by atoms with Crippen molar-refractivity contribution in [2.24, 2.45) is 5.92 Å². The number of methoxy groups -OCH3 is 1. The van der Waals surface area contributed by atoms with Crippen molar-refractivity contribution in [1.82, 2.24) is 4.31 Å². The molecular formula is C13H16BrNO5S. The van der Waals surface area contributed by atoms with Gasteiger partial charge in [-0.1, -0.05) is 0 Å². The zero-order chi connectivity index (χ0) is 15.8. The van der Waals surface area contributed by atoms with Gasteiger partial charge in [0, 0.05) is 12.6 Å². The van der Waals surface area contributed by atoms with Crippen molar-refractivity contribution >= 4 is 31.9 Å². The number of sulfonamides is 1. The molecule has 2 rings (SSSR count). The summed E-state index contributed by atoms with van der Waals surface area (Å²) in [7, 11) is -2.22. The predicted molar refractivity (Wildman–Crippen MR) is 79.8 cm³/mol. The topological polar surface area (TPSA) is 83.9 Å². The van der Waals surface area contributed by atoms with E-state index >= 15 is 0 Å². The Balaban J connectivity index is 2.35. The molecule has 1 N–H and O–H groups in total. The Hall–Kier alpha value is -1.12. The molecule has 1 saturated heterocycles. The fraction of sp³-hybridized carbons (Fsp3) is 0.462. The summed E-state index contributed by atoms with van der Waals surface area (Å²) >= 11 is 3.26. The standard InChI is InChI=1S/C13H16BrNO5S/c1-8-10(13(16)17)5-6-15(8)21(18,19)9-3-4-12(20-2)11(14)7-9/h3-4,7-8,10H,5-6H2,1-2H3,(H,16,17). The van der Waals surface area contributed by atoms with E-state index in [0.29, 0.717) is 16.6 Å². The number of hydrogen-bond donors (Lipinski definition) is 1. The molecule has 2 unspecified atom stereocenters. The summed E-state index contributed by atoms with van der Waals surface area (Å²) in [6.45, 7) is 1.84. The molecule has 0 radical (unpaired) electrons. The van der Waals surface area contributed by atoms with Gasteiger partial charge >= 0.3 is 5.97 Å². The summed E-state index contributed by atoms with van der Waals surface area (Å²) in [5.74, 6) is -1.09. The summed E-state index contributed by atoms with van der Waals surface area (Å²) in [6.07, 6.45) is 0.326. The molecular weight excluding hydrogens is 362 g/mol. The van der Waals surface area contributed by atoms with Crippen molar-refractivity contribution in [3.8, 4) is 5.75 Å². The van der Waals surface area contributed by atoms with Gasteiger partial charge in [-0.3, -0.25) is 4.79 Å². The number of hydrogen-bond acceptors (Lipinski definition) is 4. The van der Waals surface area contributed by atoms with Crippen LogP contribution in [0.4, 0.5) is 0 Å². The molecule has 21 heavy (non-hydrogen) atoms. The van der Waals surface area contributed by atoms with Crippen LogP contribution in [0.1, 0.15) is 13.3 Å². The monoisotopic (exact) mass is 377 g/mol. The Morgan fingerprint density at radius 2 is 2.14 bits per heavy atom. The van der Waals surface area contributed by atoms with E-state index in [0.717, 1.165) is 0 Å². The van der Waals surface area contributed by atoms with Crippen molar-refractivity contribution in [3.05, 3.63) is 22.7 Å². The lowest BCUT2D eigenvalue weighted by Crippen LogP contribution is -2.37. The summed E-state index contributed by atoms with van der Waals surface area (Å²) < 4.78 is 32.1. The van der Waals surface area contributed by atoms with Crippen molar-refractivity contribution in [3.63, 3.8) is 0 Å².